The molecule has 31 heavy (non-hydrogen) atoms. The summed E-state index contributed by atoms with van der Waals surface area (Å²) in [6.07, 6.45) is 3.04. The Hall–Kier alpha value is -3.82. The molecule has 2 heterocycles. The van der Waals surface area contributed by atoms with Crippen molar-refractivity contribution in [1.29, 1.82) is 0 Å². The van der Waals surface area contributed by atoms with Crippen molar-refractivity contribution < 1.29 is 23.4 Å². The molecule has 1 fully saturated rings. The molecule has 0 amide bonds. The minimum absolute atomic E-state index is 0.0193. The number of carbonyl (C=O) groups is 1. The quantitative estimate of drug-likeness (QED) is 0.339. The zero-order valence-corrected chi connectivity index (χ0v) is 16.7. The Bertz CT molecular complexity index is 1140. The van der Waals surface area contributed by atoms with Crippen LogP contribution in [0.25, 0.3) is 22.8 Å². The second-order valence-electron chi connectivity index (χ2n) is 7.12. The van der Waals surface area contributed by atoms with Crippen molar-refractivity contribution in [2.75, 3.05) is 25.1 Å². The van der Waals surface area contributed by atoms with E-state index in [1.165, 1.54) is 25.3 Å². The van der Waals surface area contributed by atoms with E-state index in [-0.39, 0.29) is 23.0 Å². The molecule has 1 aliphatic heterocycles. The van der Waals surface area contributed by atoms with E-state index in [4.69, 9.17) is 4.52 Å². The molecule has 4 rings (SSSR count). The third kappa shape index (κ3) is 4.09. The Labute approximate surface area is 176 Å². The highest BCUT2D eigenvalue weighted by Crippen LogP contribution is 2.35. The minimum Gasteiger partial charge on any atom is -0.465 e. The van der Waals surface area contributed by atoms with Gasteiger partial charge < -0.3 is 14.2 Å². The molecule has 160 valence electrons. The first-order valence-electron chi connectivity index (χ1n) is 9.73. The van der Waals surface area contributed by atoms with Crippen molar-refractivity contribution in [3.8, 4) is 22.8 Å². The van der Waals surface area contributed by atoms with Gasteiger partial charge in [-0.05, 0) is 49.6 Å². The Morgan fingerprint density at radius 3 is 2.58 bits per heavy atom. The summed E-state index contributed by atoms with van der Waals surface area (Å²) in [5.74, 6) is -1.27. The molecule has 1 aromatic heterocycles. The summed E-state index contributed by atoms with van der Waals surface area (Å²) in [5.41, 5.74) is 1.17. The number of anilines is 1. The van der Waals surface area contributed by atoms with E-state index in [9.17, 15) is 19.3 Å². The molecule has 0 aliphatic carbocycles. The lowest BCUT2D eigenvalue weighted by Crippen LogP contribution is -2.29. The average Bonchev–Trinajstić information content (AvgIpc) is 3.29. The van der Waals surface area contributed by atoms with Crippen molar-refractivity contribution in [1.82, 2.24) is 10.1 Å². The number of carbonyl (C=O) groups excluding carboxylic acids is 1. The number of aromatic nitrogens is 2. The summed E-state index contributed by atoms with van der Waals surface area (Å²) >= 11 is 0. The first-order valence-corrected chi connectivity index (χ1v) is 9.73. The fourth-order valence-electron chi connectivity index (χ4n) is 3.59. The van der Waals surface area contributed by atoms with Crippen molar-refractivity contribution >= 4 is 17.3 Å². The van der Waals surface area contributed by atoms with Crippen molar-refractivity contribution in [3.05, 3.63) is 57.9 Å². The van der Waals surface area contributed by atoms with E-state index in [0.717, 1.165) is 38.4 Å². The van der Waals surface area contributed by atoms with Gasteiger partial charge in [-0.3, -0.25) is 10.1 Å². The molecule has 0 bridgehead atoms. The van der Waals surface area contributed by atoms with Crippen LogP contribution in [0.3, 0.4) is 0 Å². The number of halogens is 1. The molecular weight excluding hydrogens is 407 g/mol. The fourth-order valence-corrected chi connectivity index (χ4v) is 3.59. The molecule has 10 heteroatoms. The third-order valence-corrected chi connectivity index (χ3v) is 5.17. The van der Waals surface area contributed by atoms with Gasteiger partial charge in [-0.1, -0.05) is 5.16 Å². The second-order valence-corrected chi connectivity index (χ2v) is 7.12. The van der Waals surface area contributed by atoms with Gasteiger partial charge in [-0.2, -0.15) is 4.98 Å². The summed E-state index contributed by atoms with van der Waals surface area (Å²) < 4.78 is 24.1. The molecule has 9 nitrogen and oxygen atoms in total. The lowest BCUT2D eigenvalue weighted by molar-refractivity contribution is -0.384. The van der Waals surface area contributed by atoms with Gasteiger partial charge in [0.1, 0.15) is 11.5 Å². The number of hydrogen-bond donors (Lipinski definition) is 0. The van der Waals surface area contributed by atoms with Crippen LogP contribution in [0.1, 0.15) is 29.6 Å². The molecule has 1 aliphatic rings. The molecule has 0 atom stereocenters. The molecule has 1 saturated heterocycles. The summed E-state index contributed by atoms with van der Waals surface area (Å²) in [6.45, 7) is 1.48. The minimum atomic E-state index is -0.783. The fraction of sp³-hybridized carbons (Fsp3) is 0.286. The van der Waals surface area contributed by atoms with Crippen LogP contribution in [0, 0.1) is 15.9 Å². The van der Waals surface area contributed by atoms with Gasteiger partial charge in [0.25, 0.3) is 11.6 Å². The molecule has 2 aromatic carbocycles. The van der Waals surface area contributed by atoms with E-state index in [0.29, 0.717) is 16.8 Å². The maximum Gasteiger partial charge on any atom is 0.340 e. The van der Waals surface area contributed by atoms with Crippen LogP contribution in [0.5, 0.6) is 0 Å². The van der Waals surface area contributed by atoms with Crippen LogP contribution in [-0.4, -0.2) is 41.2 Å². The van der Waals surface area contributed by atoms with Gasteiger partial charge in [0.15, 0.2) is 0 Å². The molecule has 0 saturated carbocycles. The average molecular weight is 426 g/mol. The normalized spacial score (nSPS) is 13.8. The topological polar surface area (TPSA) is 112 Å². The van der Waals surface area contributed by atoms with Gasteiger partial charge in [0, 0.05) is 30.3 Å². The van der Waals surface area contributed by atoms with E-state index in [1.807, 2.05) is 4.90 Å². The molecule has 0 N–H and O–H groups in total. The number of benzene rings is 2. The van der Waals surface area contributed by atoms with Gasteiger partial charge in [-0.15, -0.1) is 0 Å². The monoisotopic (exact) mass is 426 g/mol. The second kappa shape index (κ2) is 8.50. The van der Waals surface area contributed by atoms with E-state index >= 15 is 0 Å². The number of esters is 1. The highest BCUT2D eigenvalue weighted by Gasteiger charge is 2.23. The maximum absolute atomic E-state index is 14.2. The largest absolute Gasteiger partial charge is 0.465 e. The Morgan fingerprint density at radius 1 is 1.16 bits per heavy atom. The maximum atomic E-state index is 14.2. The van der Waals surface area contributed by atoms with Crippen molar-refractivity contribution in [2.45, 2.75) is 19.3 Å². The molecular formula is C21H19FN4O5. The van der Waals surface area contributed by atoms with Crippen LogP contribution in [0.4, 0.5) is 15.8 Å². The lowest BCUT2D eigenvalue weighted by Gasteiger charge is -2.28. The molecule has 0 radical (unpaired) electrons. The van der Waals surface area contributed by atoms with Crippen molar-refractivity contribution in [2.24, 2.45) is 0 Å². The van der Waals surface area contributed by atoms with Gasteiger partial charge in [0.05, 0.1) is 17.6 Å². The molecule has 3 aromatic rings. The van der Waals surface area contributed by atoms with Gasteiger partial charge in [0.2, 0.25) is 5.82 Å². The predicted octanol–water partition coefficient (Wildman–Crippen LogP) is 4.23. The Kier molecular flexibility index (Phi) is 5.61. The van der Waals surface area contributed by atoms with E-state index in [1.54, 1.807) is 12.1 Å². The zero-order chi connectivity index (χ0) is 22.0. The summed E-state index contributed by atoms with van der Waals surface area (Å²) in [5, 5.41) is 15.4. The van der Waals surface area contributed by atoms with Crippen molar-refractivity contribution in [3.63, 3.8) is 0 Å². The van der Waals surface area contributed by atoms with E-state index < -0.39 is 16.7 Å². The standard InChI is InChI=1S/C21H19FN4O5/c1-30-21(27)15-7-5-13(11-16(15)22)19-23-20(31-24-19)14-6-8-17(26(28)29)18(12-14)25-9-3-2-4-10-25/h5-8,11-12H,2-4,9-10H2,1H3. The number of methoxy groups -OCH3 is 1. The van der Waals surface area contributed by atoms with Gasteiger partial charge in [-0.25, -0.2) is 9.18 Å². The third-order valence-electron chi connectivity index (χ3n) is 5.17. The van der Waals surface area contributed by atoms with E-state index in [2.05, 4.69) is 14.9 Å². The van der Waals surface area contributed by atoms with Crippen LogP contribution in [-0.2, 0) is 4.74 Å². The zero-order valence-electron chi connectivity index (χ0n) is 16.7. The number of nitro benzene ring substituents is 1. The van der Waals surface area contributed by atoms with Gasteiger partial charge >= 0.3 is 5.97 Å². The first-order chi connectivity index (χ1) is 15.0. The van der Waals surface area contributed by atoms with Crippen LogP contribution < -0.4 is 4.90 Å². The highest BCUT2D eigenvalue weighted by molar-refractivity contribution is 5.90. The number of nitro groups is 1. The lowest BCUT2D eigenvalue weighted by atomic mass is 10.1. The predicted molar refractivity (Wildman–Crippen MR) is 109 cm³/mol. The Balaban J connectivity index is 1.67. The number of hydrogen-bond acceptors (Lipinski definition) is 8. The summed E-state index contributed by atoms with van der Waals surface area (Å²) in [7, 11) is 1.17. The van der Waals surface area contributed by atoms with Crippen LogP contribution in [0.2, 0.25) is 0 Å². The summed E-state index contributed by atoms with van der Waals surface area (Å²) in [4.78, 5) is 28.9. The molecule has 0 spiro atoms. The van der Waals surface area contributed by atoms with Crippen LogP contribution >= 0.6 is 0 Å². The molecule has 0 unspecified atom stereocenters. The first kappa shape index (κ1) is 20.5. The number of ether oxygens (including phenoxy) is 1. The number of piperidine rings is 1. The highest BCUT2D eigenvalue weighted by atomic mass is 19.1. The number of nitrogens with zero attached hydrogens (tertiary/aromatic N) is 4. The smallest absolute Gasteiger partial charge is 0.340 e. The SMILES string of the molecule is COC(=O)c1ccc(-c2noc(-c3ccc([N+](=O)[O-])c(N4CCCCC4)c3)n2)cc1F. The van der Waals surface area contributed by atoms with Crippen LogP contribution in [0.15, 0.2) is 40.9 Å². The Morgan fingerprint density at radius 2 is 1.90 bits per heavy atom. The number of rotatable bonds is 5. The summed E-state index contributed by atoms with van der Waals surface area (Å²) in [6, 6.07) is 8.53.